The van der Waals surface area contributed by atoms with Crippen LogP contribution in [-0.4, -0.2) is 5.11 Å². The van der Waals surface area contributed by atoms with Gasteiger partial charge >= 0.3 is 0 Å². The van der Waals surface area contributed by atoms with Crippen LogP contribution in [0.2, 0.25) is 0 Å². The Balaban J connectivity index is 2.09. The zero-order chi connectivity index (χ0) is 11.3. The van der Waals surface area contributed by atoms with E-state index in [9.17, 15) is 5.11 Å². The standard InChI is InChI=1S/C14H19NO/c1-9-8-12(15)6-7-13(9)14(16)10-2-3-11(14)5-4-10/h6-8,10-11,16H,2-5,15H2,1H3. The Hall–Kier alpha value is -1.02. The number of nitrogens with two attached hydrogens (primary N) is 1. The molecule has 86 valence electrons. The van der Waals surface area contributed by atoms with Crippen molar-refractivity contribution < 1.29 is 5.11 Å². The second-order valence-corrected chi connectivity index (χ2v) is 5.45. The van der Waals surface area contributed by atoms with E-state index in [0.717, 1.165) is 16.8 Å². The van der Waals surface area contributed by atoms with Gasteiger partial charge in [0.05, 0.1) is 5.60 Å². The van der Waals surface area contributed by atoms with Gasteiger partial charge in [0.25, 0.3) is 0 Å². The summed E-state index contributed by atoms with van der Waals surface area (Å²) < 4.78 is 0. The topological polar surface area (TPSA) is 46.2 Å². The average molecular weight is 217 g/mol. The molecule has 2 fully saturated rings. The van der Waals surface area contributed by atoms with Crippen LogP contribution in [0.1, 0.15) is 36.8 Å². The number of anilines is 1. The summed E-state index contributed by atoms with van der Waals surface area (Å²) in [6.07, 6.45) is 4.74. The molecule has 0 aromatic heterocycles. The summed E-state index contributed by atoms with van der Waals surface area (Å²) in [5.74, 6) is 0.944. The molecule has 2 heteroatoms. The molecular weight excluding hydrogens is 198 g/mol. The minimum absolute atomic E-state index is 0.472. The van der Waals surface area contributed by atoms with Crippen molar-refractivity contribution in [3.63, 3.8) is 0 Å². The first-order chi connectivity index (χ1) is 7.62. The fourth-order valence-corrected chi connectivity index (χ4v) is 3.88. The van der Waals surface area contributed by atoms with E-state index < -0.39 is 5.60 Å². The number of fused-ring (bicyclic) bond motifs is 2. The van der Waals surface area contributed by atoms with Gasteiger partial charge in [-0.25, -0.2) is 0 Å². The molecular formula is C14H19NO. The maximum atomic E-state index is 11.0. The number of benzene rings is 1. The molecule has 0 atom stereocenters. The zero-order valence-corrected chi connectivity index (χ0v) is 9.74. The van der Waals surface area contributed by atoms with Gasteiger partial charge in [0.2, 0.25) is 0 Å². The summed E-state index contributed by atoms with van der Waals surface area (Å²) in [5.41, 5.74) is 8.26. The lowest BCUT2D eigenvalue weighted by molar-refractivity contribution is -0.0107. The highest BCUT2D eigenvalue weighted by atomic mass is 16.3. The Morgan fingerprint density at radius 2 is 1.75 bits per heavy atom. The molecule has 2 aliphatic rings. The van der Waals surface area contributed by atoms with Gasteiger partial charge in [-0.2, -0.15) is 0 Å². The lowest BCUT2D eigenvalue weighted by Gasteiger charge is -2.30. The van der Waals surface area contributed by atoms with Crippen LogP contribution in [-0.2, 0) is 5.60 Å². The molecule has 0 radical (unpaired) electrons. The quantitative estimate of drug-likeness (QED) is 0.710. The summed E-state index contributed by atoms with van der Waals surface area (Å²) in [4.78, 5) is 0. The number of aliphatic hydroxyl groups is 1. The first-order valence-electron chi connectivity index (χ1n) is 6.21. The molecule has 1 aromatic carbocycles. The molecule has 0 saturated heterocycles. The summed E-state index contributed by atoms with van der Waals surface area (Å²) in [6.45, 7) is 2.06. The molecule has 0 aliphatic heterocycles. The molecule has 3 N–H and O–H groups in total. The maximum absolute atomic E-state index is 11.0. The highest BCUT2D eigenvalue weighted by Gasteiger charge is 2.54. The van der Waals surface area contributed by atoms with Crippen LogP contribution in [0.15, 0.2) is 18.2 Å². The minimum Gasteiger partial charge on any atom is -0.399 e. The highest BCUT2D eigenvalue weighted by Crippen LogP contribution is 2.57. The third-order valence-corrected chi connectivity index (χ3v) is 4.65. The van der Waals surface area contributed by atoms with Crippen molar-refractivity contribution in [1.29, 1.82) is 0 Å². The normalized spacial score (nSPS) is 36.9. The van der Waals surface area contributed by atoms with E-state index in [-0.39, 0.29) is 0 Å². The fraction of sp³-hybridized carbons (Fsp3) is 0.571. The Labute approximate surface area is 96.5 Å². The number of rotatable bonds is 1. The fourth-order valence-electron chi connectivity index (χ4n) is 3.88. The van der Waals surface area contributed by atoms with Gasteiger partial charge in [-0.15, -0.1) is 0 Å². The minimum atomic E-state index is -0.558. The van der Waals surface area contributed by atoms with Gasteiger partial charge in [0, 0.05) is 5.69 Å². The Morgan fingerprint density at radius 1 is 1.19 bits per heavy atom. The van der Waals surface area contributed by atoms with Gasteiger partial charge in [0.15, 0.2) is 0 Å². The number of aryl methyl sites for hydroxylation is 1. The molecule has 0 unspecified atom stereocenters. The van der Waals surface area contributed by atoms with E-state index in [4.69, 9.17) is 5.73 Å². The van der Waals surface area contributed by atoms with E-state index >= 15 is 0 Å². The lowest BCUT2D eigenvalue weighted by Crippen LogP contribution is -2.31. The van der Waals surface area contributed by atoms with Crippen molar-refractivity contribution in [3.05, 3.63) is 29.3 Å². The molecule has 1 aromatic rings. The maximum Gasteiger partial charge on any atom is 0.0955 e. The molecule has 2 saturated carbocycles. The third kappa shape index (κ3) is 1.17. The SMILES string of the molecule is Cc1cc(N)ccc1C1(O)C2CCC1CC2. The van der Waals surface area contributed by atoms with E-state index in [2.05, 4.69) is 6.92 Å². The monoisotopic (exact) mass is 217 g/mol. The Kier molecular flexibility index (Phi) is 2.05. The van der Waals surface area contributed by atoms with Crippen LogP contribution in [0.5, 0.6) is 0 Å². The second kappa shape index (κ2) is 3.24. The summed E-state index contributed by atoms with van der Waals surface area (Å²) in [5, 5.41) is 11.0. The molecule has 2 aliphatic carbocycles. The average Bonchev–Trinajstić information content (AvgIpc) is 2.73. The van der Waals surface area contributed by atoms with Crippen LogP contribution < -0.4 is 5.73 Å². The van der Waals surface area contributed by atoms with Crippen molar-refractivity contribution in [2.24, 2.45) is 11.8 Å². The second-order valence-electron chi connectivity index (χ2n) is 5.45. The van der Waals surface area contributed by atoms with E-state index in [0.29, 0.717) is 11.8 Å². The van der Waals surface area contributed by atoms with Crippen molar-refractivity contribution >= 4 is 5.69 Å². The molecule has 0 heterocycles. The van der Waals surface area contributed by atoms with Crippen LogP contribution in [0.4, 0.5) is 5.69 Å². The predicted molar refractivity (Wildman–Crippen MR) is 64.9 cm³/mol. The smallest absolute Gasteiger partial charge is 0.0955 e. The van der Waals surface area contributed by atoms with Crippen LogP contribution in [0.25, 0.3) is 0 Å². The summed E-state index contributed by atoms with van der Waals surface area (Å²) in [7, 11) is 0. The van der Waals surface area contributed by atoms with Gasteiger partial charge in [0.1, 0.15) is 0 Å². The van der Waals surface area contributed by atoms with Gasteiger partial charge in [-0.3, -0.25) is 0 Å². The molecule has 0 amide bonds. The molecule has 3 rings (SSSR count). The molecule has 2 bridgehead atoms. The van der Waals surface area contributed by atoms with Crippen molar-refractivity contribution in [2.45, 2.75) is 38.2 Å². The molecule has 0 spiro atoms. The van der Waals surface area contributed by atoms with Crippen molar-refractivity contribution in [2.75, 3.05) is 5.73 Å². The molecule has 16 heavy (non-hydrogen) atoms. The predicted octanol–water partition coefficient (Wildman–Crippen LogP) is 2.58. The largest absolute Gasteiger partial charge is 0.399 e. The number of nitrogen functional groups attached to an aromatic ring is 1. The van der Waals surface area contributed by atoms with E-state index in [1.54, 1.807) is 0 Å². The Morgan fingerprint density at radius 3 is 2.25 bits per heavy atom. The first kappa shape index (κ1) is 10.2. The third-order valence-electron chi connectivity index (χ3n) is 4.65. The van der Waals surface area contributed by atoms with Crippen LogP contribution in [0.3, 0.4) is 0 Å². The first-order valence-corrected chi connectivity index (χ1v) is 6.21. The van der Waals surface area contributed by atoms with Crippen molar-refractivity contribution in [3.8, 4) is 0 Å². The summed E-state index contributed by atoms with van der Waals surface area (Å²) in [6, 6.07) is 5.92. The van der Waals surface area contributed by atoms with Gasteiger partial charge in [-0.1, -0.05) is 6.07 Å². The van der Waals surface area contributed by atoms with Gasteiger partial charge in [-0.05, 0) is 67.7 Å². The lowest BCUT2D eigenvalue weighted by atomic mass is 9.81. The van der Waals surface area contributed by atoms with Crippen LogP contribution in [0, 0.1) is 18.8 Å². The highest BCUT2D eigenvalue weighted by molar-refractivity contribution is 5.47. The zero-order valence-electron chi connectivity index (χ0n) is 9.74. The van der Waals surface area contributed by atoms with E-state index in [1.165, 1.54) is 25.7 Å². The van der Waals surface area contributed by atoms with Crippen LogP contribution >= 0.6 is 0 Å². The number of hydrogen-bond donors (Lipinski definition) is 2. The van der Waals surface area contributed by atoms with E-state index in [1.807, 2.05) is 18.2 Å². The summed E-state index contributed by atoms with van der Waals surface area (Å²) >= 11 is 0. The van der Waals surface area contributed by atoms with Crippen molar-refractivity contribution in [1.82, 2.24) is 0 Å². The number of hydrogen-bond acceptors (Lipinski definition) is 2. The Bertz CT molecular complexity index is 407. The van der Waals surface area contributed by atoms with Gasteiger partial charge < -0.3 is 10.8 Å². The molecule has 2 nitrogen and oxygen atoms in total.